The summed E-state index contributed by atoms with van der Waals surface area (Å²) in [7, 11) is 1.55. The molecule has 0 aromatic heterocycles. The highest BCUT2D eigenvalue weighted by molar-refractivity contribution is 5.76. The zero-order chi connectivity index (χ0) is 15.7. The first-order valence-electron chi connectivity index (χ1n) is 6.52. The van der Waals surface area contributed by atoms with Crippen LogP contribution in [0, 0.1) is 23.7 Å². The number of nitriles is 1. The molecule has 0 spiro atoms. The highest BCUT2D eigenvalue weighted by atomic mass is 16.5. The molecule has 0 fully saturated rings. The smallest absolute Gasteiger partial charge is 0.221 e. The minimum atomic E-state index is -0.483. The average Bonchev–Trinajstić information content (AvgIpc) is 2.50. The Hall–Kier alpha value is -2.66. The van der Waals surface area contributed by atoms with Gasteiger partial charge >= 0.3 is 0 Å². The predicted octanol–water partition coefficient (Wildman–Crippen LogP) is 1.67. The van der Waals surface area contributed by atoms with Crippen molar-refractivity contribution in [2.45, 2.75) is 25.8 Å². The highest BCUT2D eigenvalue weighted by Crippen LogP contribution is 2.28. The molecule has 5 heteroatoms. The fourth-order valence-corrected chi connectivity index (χ4v) is 1.71. The fraction of sp³-hybridized carbons (Fsp3) is 0.375. The van der Waals surface area contributed by atoms with Crippen molar-refractivity contribution in [1.82, 2.24) is 5.32 Å². The minimum absolute atomic E-state index is 0.153. The van der Waals surface area contributed by atoms with Crippen LogP contribution < -0.4 is 14.8 Å². The van der Waals surface area contributed by atoms with Crippen molar-refractivity contribution in [1.29, 1.82) is 5.26 Å². The molecule has 0 radical (unpaired) electrons. The van der Waals surface area contributed by atoms with Gasteiger partial charge < -0.3 is 14.8 Å². The van der Waals surface area contributed by atoms with Crippen LogP contribution in [0.4, 0.5) is 0 Å². The van der Waals surface area contributed by atoms with Crippen LogP contribution in [0.25, 0.3) is 0 Å². The maximum Gasteiger partial charge on any atom is 0.221 e. The molecule has 1 rings (SSSR count). The second-order valence-corrected chi connectivity index (χ2v) is 4.40. The number of ether oxygens (including phenoxy) is 2. The highest BCUT2D eigenvalue weighted by Gasteiger charge is 2.09. The molecule has 0 saturated heterocycles. The molecule has 0 saturated carbocycles. The maximum absolute atomic E-state index is 11.6. The van der Waals surface area contributed by atoms with E-state index >= 15 is 0 Å². The lowest BCUT2D eigenvalue weighted by Crippen LogP contribution is -2.31. The summed E-state index contributed by atoms with van der Waals surface area (Å²) in [4.78, 5) is 11.6. The Kier molecular flexibility index (Phi) is 6.63. The van der Waals surface area contributed by atoms with Gasteiger partial charge in [-0.2, -0.15) is 5.26 Å². The second-order valence-electron chi connectivity index (χ2n) is 4.40. The minimum Gasteiger partial charge on any atom is -0.493 e. The predicted molar refractivity (Wildman–Crippen MR) is 78.9 cm³/mol. The number of terminal acetylenes is 1. The fourth-order valence-electron chi connectivity index (χ4n) is 1.71. The monoisotopic (exact) mass is 286 g/mol. The number of methoxy groups -OCH3 is 1. The summed E-state index contributed by atoms with van der Waals surface area (Å²) in [6.07, 6.45) is 6.01. The number of aryl methyl sites for hydroxylation is 1. The van der Waals surface area contributed by atoms with Crippen molar-refractivity contribution in [2.24, 2.45) is 0 Å². The van der Waals surface area contributed by atoms with E-state index in [4.69, 9.17) is 21.2 Å². The van der Waals surface area contributed by atoms with E-state index in [1.165, 1.54) is 0 Å². The average molecular weight is 286 g/mol. The van der Waals surface area contributed by atoms with Crippen molar-refractivity contribution in [3.8, 4) is 29.9 Å². The van der Waals surface area contributed by atoms with Gasteiger partial charge in [0, 0.05) is 6.42 Å². The van der Waals surface area contributed by atoms with Gasteiger partial charge in [-0.05, 0) is 31.0 Å². The van der Waals surface area contributed by atoms with Gasteiger partial charge in [0.05, 0.1) is 13.2 Å². The topological polar surface area (TPSA) is 71.3 Å². The molecule has 1 aromatic carbocycles. The van der Waals surface area contributed by atoms with Crippen LogP contribution in [0.3, 0.4) is 0 Å². The third kappa shape index (κ3) is 5.46. The maximum atomic E-state index is 11.6. The zero-order valence-electron chi connectivity index (χ0n) is 12.2. The third-order valence-corrected chi connectivity index (χ3v) is 2.75. The van der Waals surface area contributed by atoms with Crippen LogP contribution in [0.1, 0.15) is 18.9 Å². The van der Waals surface area contributed by atoms with E-state index < -0.39 is 6.04 Å². The van der Waals surface area contributed by atoms with Gasteiger partial charge in [-0.1, -0.05) is 12.0 Å². The lowest BCUT2D eigenvalue weighted by Gasteiger charge is -2.11. The summed E-state index contributed by atoms with van der Waals surface area (Å²) in [6, 6.07) is 6.91. The summed E-state index contributed by atoms with van der Waals surface area (Å²) < 4.78 is 10.6. The molecule has 1 aromatic rings. The summed E-state index contributed by atoms with van der Waals surface area (Å²) in [6.45, 7) is 1.79. The summed E-state index contributed by atoms with van der Waals surface area (Å²) in [5.41, 5.74) is 0.933. The van der Waals surface area contributed by atoms with Crippen LogP contribution in [0.5, 0.6) is 11.5 Å². The van der Waals surface area contributed by atoms with E-state index in [1.807, 2.05) is 12.1 Å². The first kappa shape index (κ1) is 16.4. The zero-order valence-corrected chi connectivity index (χ0v) is 12.2. The number of carbonyl (C=O) groups excluding carboxylic acids is 1. The molecule has 21 heavy (non-hydrogen) atoms. The lowest BCUT2D eigenvalue weighted by atomic mass is 10.1. The number of nitrogens with zero attached hydrogens (tertiary/aromatic N) is 1. The first-order valence-corrected chi connectivity index (χ1v) is 6.52. The molecule has 5 nitrogen and oxygen atoms in total. The van der Waals surface area contributed by atoms with Gasteiger partial charge in [0.2, 0.25) is 5.91 Å². The van der Waals surface area contributed by atoms with E-state index in [-0.39, 0.29) is 12.5 Å². The van der Waals surface area contributed by atoms with Crippen LogP contribution in [0.2, 0.25) is 0 Å². The SMILES string of the molecule is C#CCOc1cc(CCC(=O)NC(C)C#N)ccc1OC. The Bertz CT molecular complexity index is 570. The summed E-state index contributed by atoms with van der Waals surface area (Å²) in [5, 5.41) is 11.2. The molecule has 0 aliphatic heterocycles. The number of hydrogen-bond donors (Lipinski definition) is 1. The molecule has 0 aliphatic carbocycles. The van der Waals surface area contributed by atoms with E-state index in [2.05, 4.69) is 11.2 Å². The lowest BCUT2D eigenvalue weighted by molar-refractivity contribution is -0.121. The molecule has 1 atom stereocenters. The van der Waals surface area contributed by atoms with E-state index in [0.717, 1.165) is 5.56 Å². The van der Waals surface area contributed by atoms with Crippen LogP contribution in [-0.4, -0.2) is 25.7 Å². The van der Waals surface area contributed by atoms with Gasteiger partial charge in [0.25, 0.3) is 0 Å². The number of carbonyl (C=O) groups is 1. The van der Waals surface area contributed by atoms with Gasteiger partial charge in [-0.3, -0.25) is 4.79 Å². The van der Waals surface area contributed by atoms with E-state index in [9.17, 15) is 4.79 Å². The van der Waals surface area contributed by atoms with E-state index in [0.29, 0.717) is 24.3 Å². The van der Waals surface area contributed by atoms with Gasteiger partial charge in [0.15, 0.2) is 11.5 Å². The van der Waals surface area contributed by atoms with Crippen LogP contribution in [-0.2, 0) is 11.2 Å². The molecular formula is C16H18N2O3. The van der Waals surface area contributed by atoms with Crippen molar-refractivity contribution in [3.63, 3.8) is 0 Å². The van der Waals surface area contributed by atoms with Crippen molar-refractivity contribution in [3.05, 3.63) is 23.8 Å². The number of benzene rings is 1. The molecule has 1 N–H and O–H groups in total. The Balaban J connectivity index is 2.65. The van der Waals surface area contributed by atoms with Crippen LogP contribution in [0.15, 0.2) is 18.2 Å². The van der Waals surface area contributed by atoms with E-state index in [1.54, 1.807) is 26.2 Å². The Morgan fingerprint density at radius 1 is 1.48 bits per heavy atom. The number of rotatable bonds is 7. The molecular weight excluding hydrogens is 268 g/mol. The second kappa shape index (κ2) is 8.50. The molecule has 110 valence electrons. The third-order valence-electron chi connectivity index (χ3n) is 2.75. The van der Waals surface area contributed by atoms with Gasteiger partial charge in [-0.15, -0.1) is 6.42 Å². The van der Waals surface area contributed by atoms with Crippen molar-refractivity contribution >= 4 is 5.91 Å². The van der Waals surface area contributed by atoms with Crippen molar-refractivity contribution in [2.75, 3.05) is 13.7 Å². The summed E-state index contributed by atoms with van der Waals surface area (Å²) in [5.74, 6) is 3.38. The number of nitrogens with one attached hydrogen (secondary N) is 1. The largest absolute Gasteiger partial charge is 0.493 e. The van der Waals surface area contributed by atoms with Gasteiger partial charge in [0.1, 0.15) is 12.6 Å². The Morgan fingerprint density at radius 3 is 2.86 bits per heavy atom. The molecule has 0 bridgehead atoms. The molecule has 0 heterocycles. The Morgan fingerprint density at radius 2 is 2.24 bits per heavy atom. The Labute approximate surface area is 124 Å². The van der Waals surface area contributed by atoms with Crippen molar-refractivity contribution < 1.29 is 14.3 Å². The normalized spacial score (nSPS) is 10.9. The quantitative estimate of drug-likeness (QED) is 0.774. The number of hydrogen-bond acceptors (Lipinski definition) is 4. The van der Waals surface area contributed by atoms with Crippen LogP contribution >= 0.6 is 0 Å². The molecule has 1 amide bonds. The summed E-state index contributed by atoms with van der Waals surface area (Å²) >= 11 is 0. The first-order chi connectivity index (χ1) is 10.1. The van der Waals surface area contributed by atoms with Gasteiger partial charge in [-0.25, -0.2) is 0 Å². The standard InChI is InChI=1S/C16H18N2O3/c1-4-9-21-15-10-13(5-7-14(15)20-3)6-8-16(19)18-12(2)11-17/h1,5,7,10,12H,6,8-9H2,2-3H3,(H,18,19). The molecule has 1 unspecified atom stereocenters. The molecule has 0 aliphatic rings. The number of amides is 1.